The molecule has 1 N–H and O–H groups in total. The fourth-order valence-electron chi connectivity index (χ4n) is 3.95. The highest BCUT2D eigenvalue weighted by molar-refractivity contribution is 7.99. The zero-order chi connectivity index (χ0) is 17.8. The third-order valence-electron chi connectivity index (χ3n) is 5.17. The molecular weight excluding hydrogens is 348 g/mol. The van der Waals surface area contributed by atoms with E-state index in [9.17, 15) is 0 Å². The molecule has 0 aliphatic carbocycles. The minimum Gasteiger partial charge on any atom is -0.354 e. The standard InChI is InChI=1S/C24H16N2S/c1-2-8-16(9-3-1)26-21-12-6-7-13-23(21)27-24-15-20-18(14-22(24)26)17-10-4-5-11-19(17)25-20/h1-15,25H. The second kappa shape index (κ2) is 5.66. The molecule has 5 aromatic rings. The van der Waals surface area contributed by atoms with E-state index < -0.39 is 0 Å². The molecule has 1 aliphatic heterocycles. The largest absolute Gasteiger partial charge is 0.354 e. The highest BCUT2D eigenvalue weighted by atomic mass is 32.2. The molecule has 0 fully saturated rings. The van der Waals surface area contributed by atoms with Gasteiger partial charge in [-0.25, -0.2) is 0 Å². The fourth-order valence-corrected chi connectivity index (χ4v) is 5.03. The van der Waals surface area contributed by atoms with Crippen molar-refractivity contribution >= 4 is 50.6 Å². The van der Waals surface area contributed by atoms with Gasteiger partial charge in [0, 0.05) is 37.3 Å². The van der Waals surface area contributed by atoms with E-state index in [2.05, 4.69) is 101 Å². The monoisotopic (exact) mass is 364 g/mol. The molecule has 0 atom stereocenters. The van der Waals surface area contributed by atoms with E-state index in [0.717, 1.165) is 0 Å². The number of aromatic amines is 1. The van der Waals surface area contributed by atoms with Crippen LogP contribution in [-0.2, 0) is 0 Å². The maximum absolute atomic E-state index is 3.57. The third kappa shape index (κ3) is 2.22. The van der Waals surface area contributed by atoms with Gasteiger partial charge in [-0.2, -0.15) is 0 Å². The zero-order valence-electron chi connectivity index (χ0n) is 14.5. The van der Waals surface area contributed by atoms with Crippen molar-refractivity contribution in [3.63, 3.8) is 0 Å². The second-order valence-electron chi connectivity index (χ2n) is 6.78. The predicted octanol–water partition coefficient (Wildman–Crippen LogP) is 7.26. The summed E-state index contributed by atoms with van der Waals surface area (Å²) >= 11 is 1.84. The van der Waals surface area contributed by atoms with E-state index in [-0.39, 0.29) is 0 Å². The van der Waals surface area contributed by atoms with Crippen LogP contribution in [0.4, 0.5) is 17.1 Å². The summed E-state index contributed by atoms with van der Waals surface area (Å²) in [5.41, 5.74) is 6.03. The average Bonchev–Trinajstić information content (AvgIpc) is 3.08. The minimum absolute atomic E-state index is 1.18. The van der Waals surface area contributed by atoms with Crippen LogP contribution in [0.1, 0.15) is 0 Å². The van der Waals surface area contributed by atoms with Gasteiger partial charge in [0.05, 0.1) is 11.4 Å². The number of benzene rings is 4. The fraction of sp³-hybridized carbons (Fsp3) is 0. The number of anilines is 3. The Labute approximate surface area is 161 Å². The molecule has 128 valence electrons. The minimum atomic E-state index is 1.18. The van der Waals surface area contributed by atoms with Gasteiger partial charge in [-0.05, 0) is 42.5 Å². The van der Waals surface area contributed by atoms with Gasteiger partial charge in [-0.1, -0.05) is 60.3 Å². The Morgan fingerprint density at radius 1 is 0.593 bits per heavy atom. The number of H-pyrrole nitrogens is 1. The van der Waals surface area contributed by atoms with Crippen molar-refractivity contribution in [1.29, 1.82) is 0 Å². The highest BCUT2D eigenvalue weighted by Crippen LogP contribution is 2.52. The lowest BCUT2D eigenvalue weighted by Gasteiger charge is -2.33. The van der Waals surface area contributed by atoms with Crippen LogP contribution in [-0.4, -0.2) is 4.98 Å². The van der Waals surface area contributed by atoms with E-state index in [1.165, 1.54) is 48.7 Å². The van der Waals surface area contributed by atoms with Crippen LogP contribution in [0.15, 0.2) is 101 Å². The molecule has 0 radical (unpaired) electrons. The van der Waals surface area contributed by atoms with Gasteiger partial charge in [0.15, 0.2) is 0 Å². The lowest BCUT2D eigenvalue weighted by Crippen LogP contribution is -2.14. The Morgan fingerprint density at radius 3 is 2.30 bits per heavy atom. The van der Waals surface area contributed by atoms with Crippen molar-refractivity contribution in [3.05, 3.63) is 91.0 Å². The molecule has 2 nitrogen and oxygen atoms in total. The number of fused-ring (bicyclic) bond motifs is 5. The molecule has 0 bridgehead atoms. The SMILES string of the molecule is c1ccc(N2c3ccccc3Sc3cc4[nH]c5ccccc5c4cc32)cc1. The maximum atomic E-state index is 3.57. The Kier molecular flexibility index (Phi) is 3.13. The van der Waals surface area contributed by atoms with E-state index in [0.29, 0.717) is 0 Å². The van der Waals surface area contributed by atoms with Crippen molar-refractivity contribution in [1.82, 2.24) is 4.98 Å². The van der Waals surface area contributed by atoms with Gasteiger partial charge >= 0.3 is 0 Å². The van der Waals surface area contributed by atoms with Crippen LogP contribution >= 0.6 is 11.8 Å². The summed E-state index contributed by atoms with van der Waals surface area (Å²) in [5, 5.41) is 2.54. The van der Waals surface area contributed by atoms with E-state index in [1.807, 2.05) is 11.8 Å². The number of hydrogen-bond donors (Lipinski definition) is 1. The lowest BCUT2D eigenvalue weighted by atomic mass is 10.1. The van der Waals surface area contributed by atoms with Crippen LogP contribution in [0.25, 0.3) is 21.8 Å². The summed E-state index contributed by atoms with van der Waals surface area (Å²) in [4.78, 5) is 8.51. The van der Waals surface area contributed by atoms with Gasteiger partial charge in [-0.15, -0.1) is 0 Å². The zero-order valence-corrected chi connectivity index (χ0v) is 15.3. The summed E-state index contributed by atoms with van der Waals surface area (Å²) in [5.74, 6) is 0. The molecular formula is C24H16N2S. The molecule has 3 heteroatoms. The first-order valence-electron chi connectivity index (χ1n) is 9.05. The number of hydrogen-bond acceptors (Lipinski definition) is 2. The molecule has 6 rings (SSSR count). The molecule has 1 aromatic heterocycles. The number of nitrogens with zero attached hydrogens (tertiary/aromatic N) is 1. The summed E-state index contributed by atoms with van der Waals surface area (Å²) in [6.45, 7) is 0. The van der Waals surface area contributed by atoms with Crippen LogP contribution in [0.3, 0.4) is 0 Å². The molecule has 27 heavy (non-hydrogen) atoms. The van der Waals surface area contributed by atoms with E-state index in [4.69, 9.17) is 0 Å². The number of rotatable bonds is 1. The molecule has 0 unspecified atom stereocenters. The van der Waals surface area contributed by atoms with E-state index in [1.54, 1.807) is 0 Å². The first-order chi connectivity index (χ1) is 13.4. The first-order valence-corrected chi connectivity index (χ1v) is 9.87. The summed E-state index contributed by atoms with van der Waals surface area (Å²) in [7, 11) is 0. The Morgan fingerprint density at radius 2 is 1.37 bits per heavy atom. The van der Waals surface area contributed by atoms with Crippen LogP contribution in [0, 0.1) is 0 Å². The molecule has 0 amide bonds. The van der Waals surface area contributed by atoms with Crippen molar-refractivity contribution in [2.45, 2.75) is 9.79 Å². The summed E-state index contributed by atoms with van der Waals surface area (Å²) in [6, 6.07) is 32.4. The topological polar surface area (TPSA) is 19.0 Å². The highest BCUT2D eigenvalue weighted by Gasteiger charge is 2.25. The van der Waals surface area contributed by atoms with Crippen molar-refractivity contribution in [3.8, 4) is 0 Å². The second-order valence-corrected chi connectivity index (χ2v) is 7.86. The molecule has 2 heterocycles. The van der Waals surface area contributed by atoms with Gasteiger partial charge in [-0.3, -0.25) is 0 Å². The third-order valence-corrected chi connectivity index (χ3v) is 6.28. The average molecular weight is 364 g/mol. The normalized spacial score (nSPS) is 13.0. The lowest BCUT2D eigenvalue weighted by molar-refractivity contribution is 1.17. The van der Waals surface area contributed by atoms with E-state index >= 15 is 0 Å². The van der Waals surface area contributed by atoms with Crippen molar-refractivity contribution in [2.24, 2.45) is 0 Å². The smallest absolute Gasteiger partial charge is 0.0609 e. The maximum Gasteiger partial charge on any atom is 0.0609 e. The van der Waals surface area contributed by atoms with Crippen LogP contribution in [0.5, 0.6) is 0 Å². The number of para-hydroxylation sites is 3. The van der Waals surface area contributed by atoms with Gasteiger partial charge in [0.2, 0.25) is 0 Å². The van der Waals surface area contributed by atoms with Crippen molar-refractivity contribution in [2.75, 3.05) is 4.90 Å². The molecule has 1 aliphatic rings. The number of nitrogens with one attached hydrogen (secondary N) is 1. The molecule has 0 spiro atoms. The Balaban J connectivity index is 1.68. The molecule has 0 saturated carbocycles. The van der Waals surface area contributed by atoms with Gasteiger partial charge in [0.1, 0.15) is 0 Å². The first kappa shape index (κ1) is 14.9. The molecule has 0 saturated heterocycles. The Hall–Kier alpha value is -3.17. The van der Waals surface area contributed by atoms with Gasteiger partial charge in [0.25, 0.3) is 0 Å². The summed E-state index contributed by atoms with van der Waals surface area (Å²) < 4.78 is 0. The van der Waals surface area contributed by atoms with Crippen LogP contribution < -0.4 is 4.90 Å². The quantitative estimate of drug-likeness (QED) is 0.331. The Bertz CT molecular complexity index is 1300. The summed E-state index contributed by atoms with van der Waals surface area (Å²) in [6.07, 6.45) is 0. The van der Waals surface area contributed by atoms with Crippen LogP contribution in [0.2, 0.25) is 0 Å². The van der Waals surface area contributed by atoms with Crippen molar-refractivity contribution < 1.29 is 0 Å². The predicted molar refractivity (Wildman–Crippen MR) is 115 cm³/mol. The van der Waals surface area contributed by atoms with Gasteiger partial charge < -0.3 is 9.88 Å². The molecule has 4 aromatic carbocycles. The number of aromatic nitrogens is 1.